The van der Waals surface area contributed by atoms with Crippen LogP contribution in [0.15, 0.2) is 71.5 Å². The van der Waals surface area contributed by atoms with Gasteiger partial charge in [-0.1, -0.05) is 10.3 Å². The number of nitrogens with zero attached hydrogens (tertiary/aromatic N) is 4. The minimum absolute atomic E-state index is 0.770. The highest BCUT2D eigenvalue weighted by atomic mass is 16.4. The van der Waals surface area contributed by atoms with E-state index in [9.17, 15) is 0 Å². The summed E-state index contributed by atoms with van der Waals surface area (Å²) in [4.78, 5) is 0. The summed E-state index contributed by atoms with van der Waals surface area (Å²) < 4.78 is 4.05. The first-order valence-corrected chi connectivity index (χ1v) is 6.80. The van der Waals surface area contributed by atoms with Crippen LogP contribution >= 0.6 is 0 Å². The van der Waals surface area contributed by atoms with Gasteiger partial charge in [-0.25, -0.2) is 9.13 Å². The van der Waals surface area contributed by atoms with E-state index in [2.05, 4.69) is 22.5 Å². The lowest BCUT2D eigenvalue weighted by Gasteiger charge is -1.94. The van der Waals surface area contributed by atoms with E-state index in [0.717, 1.165) is 24.2 Å². The van der Waals surface area contributed by atoms with Crippen LogP contribution in [-0.2, 0) is 13.1 Å². The fourth-order valence-electron chi connectivity index (χ4n) is 1.88. The maximum Gasteiger partial charge on any atom is 0.169 e. The Kier molecular flexibility index (Phi) is 5.80. The van der Waals surface area contributed by atoms with Gasteiger partial charge in [0, 0.05) is 35.4 Å². The van der Waals surface area contributed by atoms with Crippen LogP contribution in [0.3, 0.4) is 0 Å². The van der Waals surface area contributed by atoms with Gasteiger partial charge in [-0.05, 0) is 12.2 Å². The van der Waals surface area contributed by atoms with Crippen LogP contribution in [-0.4, -0.2) is 22.8 Å². The van der Waals surface area contributed by atoms with Gasteiger partial charge in [-0.15, -0.1) is 0 Å². The standard InChI is InChI=1S/C16H16N4O2/c21-17-13-15-3-9-19(10-4-15)7-1-2-8-20-11-5-16(6-12-20)14-18-22/h1-6,9-14H,7-8H2/p+2/b2-1-. The van der Waals surface area contributed by atoms with E-state index in [-0.39, 0.29) is 0 Å². The zero-order valence-electron chi connectivity index (χ0n) is 12.0. The molecule has 0 aliphatic heterocycles. The van der Waals surface area contributed by atoms with Crippen molar-refractivity contribution in [2.75, 3.05) is 0 Å². The lowest BCUT2D eigenvalue weighted by molar-refractivity contribution is -0.691. The Hall–Kier alpha value is -3.02. The van der Waals surface area contributed by atoms with Crippen molar-refractivity contribution in [1.29, 1.82) is 0 Å². The SMILES string of the molecule is ON=Cc1cc[n+](C/C=C\C[n+]2ccc(C=NO)cc2)cc1. The Morgan fingerprint density at radius 2 is 1.09 bits per heavy atom. The summed E-state index contributed by atoms with van der Waals surface area (Å²) in [5, 5.41) is 22.9. The van der Waals surface area contributed by atoms with Gasteiger partial charge in [0.25, 0.3) is 0 Å². The molecule has 112 valence electrons. The van der Waals surface area contributed by atoms with Crippen molar-refractivity contribution in [3.8, 4) is 0 Å². The summed E-state index contributed by atoms with van der Waals surface area (Å²) in [7, 11) is 0. The molecule has 22 heavy (non-hydrogen) atoms. The molecule has 0 amide bonds. The Morgan fingerprint density at radius 3 is 1.41 bits per heavy atom. The quantitative estimate of drug-likeness (QED) is 0.276. The molecule has 0 fully saturated rings. The van der Waals surface area contributed by atoms with Gasteiger partial charge in [0.05, 0.1) is 12.4 Å². The number of aromatic nitrogens is 2. The first-order valence-electron chi connectivity index (χ1n) is 6.80. The summed E-state index contributed by atoms with van der Waals surface area (Å²) in [6.45, 7) is 1.54. The molecule has 0 saturated carbocycles. The first-order chi connectivity index (χ1) is 10.8. The van der Waals surface area contributed by atoms with E-state index in [0.29, 0.717) is 0 Å². The third-order valence-corrected chi connectivity index (χ3v) is 3.05. The second kappa shape index (κ2) is 8.31. The molecular formula is C16H18N4O2+2. The zero-order valence-corrected chi connectivity index (χ0v) is 12.0. The zero-order chi connectivity index (χ0) is 15.6. The second-order valence-corrected chi connectivity index (χ2v) is 4.62. The fourth-order valence-corrected chi connectivity index (χ4v) is 1.88. The van der Waals surface area contributed by atoms with E-state index < -0.39 is 0 Å². The highest BCUT2D eigenvalue weighted by Crippen LogP contribution is 1.91. The second-order valence-electron chi connectivity index (χ2n) is 4.62. The monoisotopic (exact) mass is 298 g/mol. The summed E-state index contributed by atoms with van der Waals surface area (Å²) in [6, 6.07) is 7.51. The van der Waals surface area contributed by atoms with Crippen molar-refractivity contribution < 1.29 is 19.5 Å². The van der Waals surface area contributed by atoms with E-state index >= 15 is 0 Å². The van der Waals surface area contributed by atoms with Gasteiger partial charge in [0.2, 0.25) is 0 Å². The molecular weight excluding hydrogens is 280 g/mol. The molecule has 0 aliphatic carbocycles. The maximum atomic E-state index is 8.45. The molecule has 2 aromatic rings. The van der Waals surface area contributed by atoms with Crippen LogP contribution in [0.1, 0.15) is 11.1 Å². The average Bonchev–Trinajstić information content (AvgIpc) is 2.55. The Balaban J connectivity index is 1.84. The molecule has 0 aromatic carbocycles. The minimum atomic E-state index is 0.770. The van der Waals surface area contributed by atoms with Crippen LogP contribution in [0, 0.1) is 0 Å². The van der Waals surface area contributed by atoms with Gasteiger partial charge in [-0.3, -0.25) is 0 Å². The average molecular weight is 298 g/mol. The van der Waals surface area contributed by atoms with Crippen LogP contribution in [0.4, 0.5) is 0 Å². The third kappa shape index (κ3) is 4.82. The van der Waals surface area contributed by atoms with Crippen molar-refractivity contribution in [3.05, 3.63) is 72.3 Å². The maximum absolute atomic E-state index is 8.45. The van der Waals surface area contributed by atoms with Crippen molar-refractivity contribution in [2.24, 2.45) is 10.3 Å². The molecule has 0 spiro atoms. The first kappa shape index (κ1) is 15.4. The lowest BCUT2D eigenvalue weighted by atomic mass is 10.3. The van der Waals surface area contributed by atoms with Crippen molar-refractivity contribution in [3.63, 3.8) is 0 Å². The summed E-state index contributed by atoms with van der Waals surface area (Å²) >= 11 is 0. The largest absolute Gasteiger partial charge is 0.411 e. The van der Waals surface area contributed by atoms with E-state index in [1.807, 2.05) is 58.2 Å². The normalized spacial score (nSPS) is 11.8. The van der Waals surface area contributed by atoms with Gasteiger partial charge in [0.15, 0.2) is 37.9 Å². The molecule has 2 heterocycles. The third-order valence-electron chi connectivity index (χ3n) is 3.05. The van der Waals surface area contributed by atoms with E-state index in [4.69, 9.17) is 10.4 Å². The molecule has 0 saturated heterocycles. The molecule has 0 atom stereocenters. The van der Waals surface area contributed by atoms with Crippen molar-refractivity contribution >= 4 is 12.4 Å². The van der Waals surface area contributed by atoms with Gasteiger partial charge < -0.3 is 10.4 Å². The Labute approximate surface area is 128 Å². The Morgan fingerprint density at radius 1 is 0.727 bits per heavy atom. The van der Waals surface area contributed by atoms with Crippen LogP contribution in [0.2, 0.25) is 0 Å². The molecule has 0 radical (unpaired) electrons. The molecule has 6 heteroatoms. The number of allylic oxidation sites excluding steroid dienone is 2. The predicted molar refractivity (Wildman–Crippen MR) is 81.2 cm³/mol. The van der Waals surface area contributed by atoms with Gasteiger partial charge in [-0.2, -0.15) is 0 Å². The van der Waals surface area contributed by atoms with E-state index in [1.165, 1.54) is 12.4 Å². The van der Waals surface area contributed by atoms with E-state index in [1.54, 1.807) is 0 Å². The number of oxime groups is 2. The highest BCUT2D eigenvalue weighted by Gasteiger charge is 1.99. The summed E-state index contributed by atoms with van der Waals surface area (Å²) in [5.41, 5.74) is 1.70. The number of pyridine rings is 2. The van der Waals surface area contributed by atoms with Crippen LogP contribution in [0.5, 0.6) is 0 Å². The molecule has 6 nitrogen and oxygen atoms in total. The Bertz CT molecular complexity index is 602. The van der Waals surface area contributed by atoms with Crippen LogP contribution < -0.4 is 9.13 Å². The minimum Gasteiger partial charge on any atom is -0.411 e. The summed E-state index contributed by atoms with van der Waals surface area (Å²) in [5.74, 6) is 0. The topological polar surface area (TPSA) is 72.9 Å². The number of rotatable bonds is 6. The van der Waals surface area contributed by atoms with Crippen molar-refractivity contribution in [1.82, 2.24) is 0 Å². The number of hydrogen-bond donors (Lipinski definition) is 2. The van der Waals surface area contributed by atoms with Gasteiger partial charge >= 0.3 is 0 Å². The molecule has 0 bridgehead atoms. The molecule has 2 rings (SSSR count). The molecule has 0 unspecified atom stereocenters. The van der Waals surface area contributed by atoms with Gasteiger partial charge in [0.1, 0.15) is 0 Å². The fraction of sp³-hybridized carbons (Fsp3) is 0.125. The van der Waals surface area contributed by atoms with Crippen molar-refractivity contribution in [2.45, 2.75) is 13.1 Å². The summed E-state index contributed by atoms with van der Waals surface area (Å²) in [6.07, 6.45) is 14.7. The molecule has 2 N–H and O–H groups in total. The van der Waals surface area contributed by atoms with Crippen LogP contribution in [0.25, 0.3) is 0 Å². The molecule has 2 aromatic heterocycles. The smallest absolute Gasteiger partial charge is 0.169 e. The highest BCUT2D eigenvalue weighted by molar-refractivity contribution is 5.78. The molecule has 0 aliphatic rings. The lowest BCUT2D eigenvalue weighted by Crippen LogP contribution is -2.33. The predicted octanol–water partition coefficient (Wildman–Crippen LogP) is 1.13. The number of hydrogen-bond acceptors (Lipinski definition) is 4.